The van der Waals surface area contributed by atoms with Gasteiger partial charge in [0, 0.05) is 19.8 Å². The van der Waals surface area contributed by atoms with Gasteiger partial charge in [0.25, 0.3) is 0 Å². The lowest BCUT2D eigenvalue weighted by atomic mass is 9.79. The number of nitrogens with one attached hydrogen (secondary N) is 1. The van der Waals surface area contributed by atoms with Gasteiger partial charge in [0.05, 0.1) is 0 Å². The third kappa shape index (κ3) is 3.65. The molecule has 22 heavy (non-hydrogen) atoms. The number of hydrogen-bond acceptors (Lipinski definition) is 3. The van der Waals surface area contributed by atoms with Crippen LogP contribution >= 0.6 is 0 Å². The van der Waals surface area contributed by atoms with E-state index < -0.39 is 0 Å². The summed E-state index contributed by atoms with van der Waals surface area (Å²) in [6.45, 7) is 4.92. The molecule has 0 bridgehead atoms. The van der Waals surface area contributed by atoms with Gasteiger partial charge >= 0.3 is 0 Å². The molecule has 0 spiro atoms. The highest BCUT2D eigenvalue weighted by Crippen LogP contribution is 2.36. The first-order valence-corrected chi connectivity index (χ1v) is 9.42. The first kappa shape index (κ1) is 16.3. The zero-order chi connectivity index (χ0) is 15.3. The Labute approximate surface area is 135 Å². The lowest BCUT2D eigenvalue weighted by molar-refractivity contribution is -0.135. The van der Waals surface area contributed by atoms with Crippen molar-refractivity contribution in [2.75, 3.05) is 32.8 Å². The number of rotatable bonds is 6. The monoisotopic (exact) mass is 308 g/mol. The van der Waals surface area contributed by atoms with Crippen molar-refractivity contribution >= 4 is 5.91 Å². The highest BCUT2D eigenvalue weighted by atomic mass is 16.5. The van der Waals surface area contributed by atoms with Crippen molar-refractivity contribution < 1.29 is 9.53 Å². The minimum Gasteiger partial charge on any atom is -0.381 e. The van der Waals surface area contributed by atoms with E-state index in [1.807, 2.05) is 0 Å². The van der Waals surface area contributed by atoms with Crippen LogP contribution in [0.15, 0.2) is 0 Å². The van der Waals surface area contributed by atoms with Gasteiger partial charge in [-0.25, -0.2) is 0 Å². The van der Waals surface area contributed by atoms with E-state index in [9.17, 15) is 4.79 Å². The molecule has 3 fully saturated rings. The fraction of sp³-hybridized carbons (Fsp3) is 0.944. The Morgan fingerprint density at radius 1 is 1.14 bits per heavy atom. The van der Waals surface area contributed by atoms with Crippen LogP contribution in [0.25, 0.3) is 0 Å². The molecule has 1 unspecified atom stereocenters. The van der Waals surface area contributed by atoms with Gasteiger partial charge in [-0.1, -0.05) is 19.3 Å². The Bertz CT molecular complexity index is 354. The minimum atomic E-state index is -0.175. The Morgan fingerprint density at radius 3 is 2.59 bits per heavy atom. The molecular weight excluding hydrogens is 276 g/mol. The summed E-state index contributed by atoms with van der Waals surface area (Å²) in [6, 6.07) is 0. The van der Waals surface area contributed by atoms with Gasteiger partial charge in [-0.2, -0.15) is 0 Å². The average Bonchev–Trinajstić information content (AvgIpc) is 3.25. The fourth-order valence-corrected chi connectivity index (χ4v) is 4.54. The second kappa shape index (κ2) is 7.78. The van der Waals surface area contributed by atoms with Crippen molar-refractivity contribution in [1.29, 1.82) is 0 Å². The average molecular weight is 308 g/mol. The van der Waals surface area contributed by atoms with Gasteiger partial charge in [-0.15, -0.1) is 0 Å². The van der Waals surface area contributed by atoms with Crippen LogP contribution in [0.1, 0.15) is 64.2 Å². The second-order valence-electron chi connectivity index (χ2n) is 7.41. The molecule has 1 N–H and O–H groups in total. The molecule has 1 aliphatic carbocycles. The lowest BCUT2D eigenvalue weighted by Crippen LogP contribution is -2.59. The molecule has 1 amide bonds. The van der Waals surface area contributed by atoms with Crippen LogP contribution in [0.2, 0.25) is 0 Å². The SMILES string of the molecule is O=C(NCCCC1CCOC1)C1(N2CCCC2)CCCCC1. The largest absolute Gasteiger partial charge is 0.381 e. The van der Waals surface area contributed by atoms with Crippen molar-refractivity contribution in [1.82, 2.24) is 10.2 Å². The number of carbonyl (C=O) groups is 1. The van der Waals surface area contributed by atoms with Crippen LogP contribution in [0.5, 0.6) is 0 Å². The van der Waals surface area contributed by atoms with Crippen LogP contribution in [0, 0.1) is 5.92 Å². The third-order valence-corrected chi connectivity index (χ3v) is 5.91. The summed E-state index contributed by atoms with van der Waals surface area (Å²) in [5.74, 6) is 1.04. The van der Waals surface area contributed by atoms with E-state index in [1.54, 1.807) is 0 Å². The predicted molar refractivity (Wildman–Crippen MR) is 87.8 cm³/mol. The van der Waals surface area contributed by atoms with Gasteiger partial charge in [-0.3, -0.25) is 9.69 Å². The number of carbonyl (C=O) groups excluding carboxylic acids is 1. The van der Waals surface area contributed by atoms with Gasteiger partial charge < -0.3 is 10.1 Å². The Morgan fingerprint density at radius 2 is 1.91 bits per heavy atom. The molecule has 1 atom stereocenters. The van der Waals surface area contributed by atoms with Crippen LogP contribution < -0.4 is 5.32 Å². The van der Waals surface area contributed by atoms with E-state index in [0.717, 1.165) is 58.0 Å². The van der Waals surface area contributed by atoms with E-state index in [2.05, 4.69) is 10.2 Å². The molecular formula is C18H32N2O2. The molecule has 2 saturated heterocycles. The number of ether oxygens (including phenoxy) is 1. The number of likely N-dealkylation sites (tertiary alicyclic amines) is 1. The summed E-state index contributed by atoms with van der Waals surface area (Å²) in [5, 5.41) is 3.27. The Kier molecular flexibility index (Phi) is 5.75. The van der Waals surface area contributed by atoms with Crippen molar-refractivity contribution in [2.24, 2.45) is 5.92 Å². The summed E-state index contributed by atoms with van der Waals surface area (Å²) in [6.07, 6.45) is 11.9. The molecule has 0 aromatic heterocycles. The molecule has 4 nitrogen and oxygen atoms in total. The lowest BCUT2D eigenvalue weighted by Gasteiger charge is -2.43. The topological polar surface area (TPSA) is 41.6 Å². The van der Waals surface area contributed by atoms with E-state index >= 15 is 0 Å². The highest BCUT2D eigenvalue weighted by Gasteiger charge is 2.45. The fourth-order valence-electron chi connectivity index (χ4n) is 4.54. The molecule has 3 aliphatic rings. The predicted octanol–water partition coefficient (Wildman–Crippen LogP) is 2.72. The number of amides is 1. The van der Waals surface area contributed by atoms with Crippen molar-refractivity contribution in [3.05, 3.63) is 0 Å². The smallest absolute Gasteiger partial charge is 0.240 e. The van der Waals surface area contributed by atoms with Crippen LogP contribution in [-0.2, 0) is 9.53 Å². The second-order valence-corrected chi connectivity index (χ2v) is 7.41. The zero-order valence-corrected chi connectivity index (χ0v) is 13.9. The summed E-state index contributed by atoms with van der Waals surface area (Å²) in [7, 11) is 0. The van der Waals surface area contributed by atoms with E-state index in [-0.39, 0.29) is 5.54 Å². The standard InChI is InChI=1S/C18H32N2O2/c21-17(19-11-6-7-16-8-14-22-15-16)18(9-2-1-3-10-18)20-12-4-5-13-20/h16H,1-15H2,(H,19,21). The first-order valence-electron chi connectivity index (χ1n) is 9.42. The van der Waals surface area contributed by atoms with Gasteiger partial charge in [-0.05, 0) is 64.0 Å². The molecule has 1 saturated carbocycles. The summed E-state index contributed by atoms with van der Waals surface area (Å²) >= 11 is 0. The molecule has 0 aromatic rings. The Balaban J connectivity index is 1.48. The molecule has 0 radical (unpaired) electrons. The normalized spacial score (nSPS) is 28.8. The van der Waals surface area contributed by atoms with E-state index in [4.69, 9.17) is 4.74 Å². The highest BCUT2D eigenvalue weighted by molar-refractivity contribution is 5.86. The summed E-state index contributed by atoms with van der Waals surface area (Å²) in [5.41, 5.74) is -0.175. The minimum absolute atomic E-state index is 0.175. The van der Waals surface area contributed by atoms with Gasteiger partial charge in [0.2, 0.25) is 5.91 Å². The van der Waals surface area contributed by atoms with Gasteiger partial charge in [0.1, 0.15) is 5.54 Å². The van der Waals surface area contributed by atoms with Crippen LogP contribution in [0.4, 0.5) is 0 Å². The van der Waals surface area contributed by atoms with E-state index in [0.29, 0.717) is 5.91 Å². The van der Waals surface area contributed by atoms with Crippen molar-refractivity contribution in [3.8, 4) is 0 Å². The quantitative estimate of drug-likeness (QED) is 0.767. The van der Waals surface area contributed by atoms with Gasteiger partial charge in [0.15, 0.2) is 0 Å². The maximum Gasteiger partial charge on any atom is 0.240 e. The molecule has 0 aromatic carbocycles. The van der Waals surface area contributed by atoms with Crippen molar-refractivity contribution in [2.45, 2.75) is 69.7 Å². The van der Waals surface area contributed by atoms with Crippen molar-refractivity contribution in [3.63, 3.8) is 0 Å². The molecule has 2 aliphatic heterocycles. The number of nitrogens with zero attached hydrogens (tertiary/aromatic N) is 1. The molecule has 3 rings (SSSR count). The van der Waals surface area contributed by atoms with E-state index in [1.165, 1.54) is 44.9 Å². The summed E-state index contributed by atoms with van der Waals surface area (Å²) in [4.78, 5) is 15.4. The van der Waals surface area contributed by atoms with Crippen LogP contribution in [0.3, 0.4) is 0 Å². The van der Waals surface area contributed by atoms with Crippen LogP contribution in [-0.4, -0.2) is 49.2 Å². The number of hydrogen-bond donors (Lipinski definition) is 1. The molecule has 4 heteroatoms. The maximum absolute atomic E-state index is 12.9. The molecule has 2 heterocycles. The maximum atomic E-state index is 12.9. The first-order chi connectivity index (χ1) is 10.8. The Hall–Kier alpha value is -0.610. The zero-order valence-electron chi connectivity index (χ0n) is 13.9. The third-order valence-electron chi connectivity index (χ3n) is 5.91. The molecule has 126 valence electrons. The summed E-state index contributed by atoms with van der Waals surface area (Å²) < 4.78 is 5.42.